The summed E-state index contributed by atoms with van der Waals surface area (Å²) in [4.78, 5) is 12.3. The smallest absolute Gasteiger partial charge is 0.234 e. The molecule has 0 saturated heterocycles. The lowest BCUT2D eigenvalue weighted by Crippen LogP contribution is -2.14. The number of hydrogen-bond donors (Lipinski definition) is 1. The van der Waals surface area contributed by atoms with Crippen LogP contribution < -0.4 is 5.32 Å². The van der Waals surface area contributed by atoms with E-state index in [9.17, 15) is 4.79 Å². The van der Waals surface area contributed by atoms with Gasteiger partial charge in [0.2, 0.25) is 5.91 Å². The Morgan fingerprint density at radius 1 is 1.17 bits per heavy atom. The van der Waals surface area contributed by atoms with Crippen LogP contribution in [0.15, 0.2) is 46.0 Å². The molecule has 0 atom stereocenters. The van der Waals surface area contributed by atoms with Crippen molar-refractivity contribution >= 4 is 74.3 Å². The van der Waals surface area contributed by atoms with Gasteiger partial charge in [-0.25, -0.2) is 0 Å². The Morgan fingerprint density at radius 2 is 1.97 bits per heavy atom. The molecular formula is C20H19BrCl2N4OS2. The summed E-state index contributed by atoms with van der Waals surface area (Å²) < 4.78 is 2.93. The third-order valence-corrected chi connectivity index (χ3v) is 7.68. The summed E-state index contributed by atoms with van der Waals surface area (Å²) in [5, 5.41) is 13.4. The first-order valence-electron chi connectivity index (χ1n) is 8.92. The van der Waals surface area contributed by atoms with E-state index < -0.39 is 0 Å². The van der Waals surface area contributed by atoms with Gasteiger partial charge in [-0.15, -0.1) is 22.0 Å². The number of thioether (sulfide) groups is 2. The number of hydrogen-bond acceptors (Lipinski definition) is 5. The van der Waals surface area contributed by atoms with Crippen LogP contribution in [0.3, 0.4) is 0 Å². The van der Waals surface area contributed by atoms with Crippen LogP contribution in [-0.4, -0.2) is 26.4 Å². The normalized spacial score (nSPS) is 11.0. The Labute approximate surface area is 202 Å². The minimum absolute atomic E-state index is 0.0852. The first-order valence-corrected chi connectivity index (χ1v) is 12.6. The first-order chi connectivity index (χ1) is 14.3. The molecule has 0 saturated carbocycles. The van der Waals surface area contributed by atoms with Crippen LogP contribution in [0.1, 0.15) is 17.0 Å². The van der Waals surface area contributed by atoms with Gasteiger partial charge in [0.25, 0.3) is 0 Å². The first kappa shape index (κ1) is 23.5. The predicted octanol–water partition coefficient (Wildman–Crippen LogP) is 6.36. The Morgan fingerprint density at radius 3 is 2.70 bits per heavy atom. The number of aryl methyl sites for hydroxylation is 1. The van der Waals surface area contributed by atoms with Crippen LogP contribution in [0.5, 0.6) is 0 Å². The number of anilines is 1. The quantitative estimate of drug-likeness (QED) is 0.334. The van der Waals surface area contributed by atoms with Crippen LogP contribution in [0.2, 0.25) is 10.0 Å². The van der Waals surface area contributed by atoms with Gasteiger partial charge in [-0.2, -0.15) is 0 Å². The average Bonchev–Trinajstić information content (AvgIpc) is 3.04. The molecule has 0 bridgehead atoms. The van der Waals surface area contributed by atoms with Gasteiger partial charge in [-0.3, -0.25) is 4.79 Å². The highest BCUT2D eigenvalue weighted by atomic mass is 79.9. The van der Waals surface area contributed by atoms with Gasteiger partial charge in [0, 0.05) is 33.0 Å². The number of nitrogens with zero attached hydrogens (tertiary/aromatic N) is 3. The predicted molar refractivity (Wildman–Crippen MR) is 131 cm³/mol. The molecule has 3 rings (SSSR count). The third-order valence-electron chi connectivity index (χ3n) is 4.20. The van der Waals surface area contributed by atoms with Crippen molar-refractivity contribution < 1.29 is 4.79 Å². The lowest BCUT2D eigenvalue weighted by molar-refractivity contribution is -0.113. The second kappa shape index (κ2) is 10.9. The monoisotopic (exact) mass is 544 g/mol. The lowest BCUT2D eigenvalue weighted by atomic mass is 10.2. The van der Waals surface area contributed by atoms with Crippen molar-refractivity contribution in [3.05, 3.63) is 67.9 Å². The second-order valence-electron chi connectivity index (χ2n) is 6.49. The summed E-state index contributed by atoms with van der Waals surface area (Å²) in [6.07, 6.45) is 0. The van der Waals surface area contributed by atoms with Crippen LogP contribution in [0.25, 0.3) is 0 Å². The van der Waals surface area contributed by atoms with Crippen LogP contribution >= 0.6 is 62.7 Å². The third kappa shape index (κ3) is 6.40. The molecule has 1 heterocycles. The van der Waals surface area contributed by atoms with Crippen LogP contribution in [0, 0.1) is 6.92 Å². The molecule has 0 unspecified atom stereocenters. The maximum Gasteiger partial charge on any atom is 0.234 e. The molecule has 1 amide bonds. The average molecular weight is 546 g/mol. The van der Waals surface area contributed by atoms with Gasteiger partial charge < -0.3 is 9.88 Å². The summed E-state index contributed by atoms with van der Waals surface area (Å²) in [5.41, 5.74) is 2.87. The van der Waals surface area contributed by atoms with Crippen molar-refractivity contribution in [1.82, 2.24) is 14.8 Å². The molecule has 10 heteroatoms. The molecule has 0 aliphatic carbocycles. The number of carbonyl (C=O) groups is 1. The molecule has 0 fully saturated rings. The Bertz CT molecular complexity index is 1060. The van der Waals surface area contributed by atoms with Crippen LogP contribution in [-0.2, 0) is 23.3 Å². The summed E-state index contributed by atoms with van der Waals surface area (Å²) in [7, 11) is 1.91. The highest BCUT2D eigenvalue weighted by molar-refractivity contribution is 9.10. The Balaban J connectivity index is 1.49. The van der Waals surface area contributed by atoms with Crippen LogP contribution in [0.4, 0.5) is 5.69 Å². The van der Waals surface area contributed by atoms with E-state index in [2.05, 4.69) is 31.4 Å². The maximum absolute atomic E-state index is 12.3. The second-order valence-corrected chi connectivity index (χ2v) is 10.1. The van der Waals surface area contributed by atoms with Gasteiger partial charge in [-0.05, 0) is 48.4 Å². The fraction of sp³-hybridized carbons (Fsp3) is 0.250. The van der Waals surface area contributed by atoms with E-state index in [1.165, 1.54) is 11.8 Å². The highest BCUT2D eigenvalue weighted by Crippen LogP contribution is 2.27. The minimum atomic E-state index is -0.0852. The highest BCUT2D eigenvalue weighted by Gasteiger charge is 2.12. The van der Waals surface area contributed by atoms with Gasteiger partial charge in [-0.1, -0.05) is 57.0 Å². The summed E-state index contributed by atoms with van der Waals surface area (Å²) in [6.45, 7) is 1.98. The van der Waals surface area contributed by atoms with E-state index in [0.29, 0.717) is 21.0 Å². The molecule has 1 N–H and O–H groups in total. The number of amides is 1. The molecule has 2 aromatic carbocycles. The standard InChI is InChI=1S/C20H19BrCl2N4OS2/c1-12-7-15(5-6-16(12)21)24-19(28)11-30-20-26-25-18(27(20)2)10-29-9-13-3-4-14(22)8-17(13)23/h3-8H,9-11H2,1-2H3,(H,24,28). The summed E-state index contributed by atoms with van der Waals surface area (Å²) in [5.74, 6) is 2.46. The van der Waals surface area contributed by atoms with Crippen molar-refractivity contribution in [2.45, 2.75) is 23.6 Å². The van der Waals surface area contributed by atoms with Gasteiger partial charge in [0.1, 0.15) is 5.82 Å². The van der Waals surface area contributed by atoms with Gasteiger partial charge >= 0.3 is 0 Å². The zero-order valence-corrected chi connectivity index (χ0v) is 21.0. The zero-order chi connectivity index (χ0) is 21.7. The SMILES string of the molecule is Cc1cc(NC(=O)CSc2nnc(CSCc3ccc(Cl)cc3Cl)n2C)ccc1Br. The molecule has 5 nitrogen and oxygen atoms in total. The van der Waals surface area contributed by atoms with Crippen molar-refractivity contribution in [2.75, 3.05) is 11.1 Å². The molecule has 1 aromatic heterocycles. The van der Waals surface area contributed by atoms with Crippen molar-refractivity contribution in [2.24, 2.45) is 7.05 Å². The van der Waals surface area contributed by atoms with E-state index in [-0.39, 0.29) is 11.7 Å². The number of halogens is 3. The van der Waals surface area contributed by atoms with E-state index in [1.807, 2.05) is 48.9 Å². The number of aromatic nitrogens is 3. The molecular weight excluding hydrogens is 527 g/mol. The fourth-order valence-corrected chi connectivity index (χ4v) is 5.08. The van der Waals surface area contributed by atoms with Crippen molar-refractivity contribution in [3.8, 4) is 0 Å². The Hall–Kier alpha value is -1.19. The van der Waals surface area contributed by atoms with E-state index in [1.54, 1.807) is 17.8 Å². The molecule has 158 valence electrons. The number of benzene rings is 2. The summed E-state index contributed by atoms with van der Waals surface area (Å²) in [6, 6.07) is 11.2. The number of carbonyl (C=O) groups excluding carboxylic acids is 1. The van der Waals surface area contributed by atoms with E-state index >= 15 is 0 Å². The topological polar surface area (TPSA) is 59.8 Å². The minimum Gasteiger partial charge on any atom is -0.325 e. The molecule has 0 aliphatic heterocycles. The fourth-order valence-electron chi connectivity index (χ4n) is 2.54. The molecule has 0 aliphatic rings. The molecule has 0 radical (unpaired) electrons. The molecule has 3 aromatic rings. The van der Waals surface area contributed by atoms with Crippen molar-refractivity contribution in [3.63, 3.8) is 0 Å². The Kier molecular flexibility index (Phi) is 8.53. The largest absolute Gasteiger partial charge is 0.325 e. The molecule has 30 heavy (non-hydrogen) atoms. The van der Waals surface area contributed by atoms with Gasteiger partial charge in [0.05, 0.1) is 11.5 Å². The zero-order valence-electron chi connectivity index (χ0n) is 16.3. The van der Waals surface area contributed by atoms with E-state index in [4.69, 9.17) is 23.2 Å². The lowest BCUT2D eigenvalue weighted by Gasteiger charge is -2.07. The summed E-state index contributed by atoms with van der Waals surface area (Å²) >= 11 is 18.7. The van der Waals surface area contributed by atoms with E-state index in [0.717, 1.165) is 32.9 Å². The molecule has 0 spiro atoms. The maximum atomic E-state index is 12.3. The van der Waals surface area contributed by atoms with Crippen molar-refractivity contribution in [1.29, 1.82) is 0 Å². The number of nitrogens with one attached hydrogen (secondary N) is 1. The number of rotatable bonds is 8. The van der Waals surface area contributed by atoms with Gasteiger partial charge in [0.15, 0.2) is 5.16 Å².